The van der Waals surface area contributed by atoms with Crippen LogP contribution in [0.4, 0.5) is 0 Å². The summed E-state index contributed by atoms with van der Waals surface area (Å²) in [4.78, 5) is 4.38. The number of nitrogens with one attached hydrogen (secondary N) is 2. The second kappa shape index (κ2) is 5.69. The zero-order chi connectivity index (χ0) is 13.1. The third-order valence-electron chi connectivity index (χ3n) is 3.51. The SMILES string of the molecule is Cn1cnc2cc(CNCC3COCCN3)ccc21. The number of aromatic nitrogens is 2. The number of aryl methyl sites for hydroxylation is 1. The van der Waals surface area contributed by atoms with Crippen LogP contribution in [0.25, 0.3) is 11.0 Å². The van der Waals surface area contributed by atoms with Crippen molar-refractivity contribution in [1.82, 2.24) is 20.2 Å². The summed E-state index contributed by atoms with van der Waals surface area (Å²) in [7, 11) is 2.02. The average Bonchev–Trinajstić information content (AvgIpc) is 2.81. The number of fused-ring (bicyclic) bond motifs is 1. The Balaban J connectivity index is 1.56. The maximum absolute atomic E-state index is 5.43. The number of rotatable bonds is 4. The van der Waals surface area contributed by atoms with Crippen molar-refractivity contribution in [2.75, 3.05) is 26.3 Å². The van der Waals surface area contributed by atoms with Crippen LogP contribution in [0.3, 0.4) is 0 Å². The Kier molecular flexibility index (Phi) is 3.77. The minimum absolute atomic E-state index is 0.423. The summed E-state index contributed by atoms with van der Waals surface area (Å²) in [6.07, 6.45) is 1.85. The van der Waals surface area contributed by atoms with Crippen LogP contribution in [0, 0.1) is 0 Å². The standard InChI is InChI=1S/C14H20N4O/c1-18-10-17-13-6-11(2-3-14(13)18)7-15-8-12-9-19-5-4-16-12/h2-3,6,10,12,15-16H,4-5,7-9H2,1H3. The van der Waals surface area contributed by atoms with Gasteiger partial charge in [-0.25, -0.2) is 4.98 Å². The van der Waals surface area contributed by atoms with E-state index in [2.05, 4.69) is 33.8 Å². The highest BCUT2D eigenvalue weighted by molar-refractivity contribution is 5.75. The molecule has 1 unspecified atom stereocenters. The molecule has 1 saturated heterocycles. The van der Waals surface area contributed by atoms with Crippen molar-refractivity contribution in [3.8, 4) is 0 Å². The smallest absolute Gasteiger partial charge is 0.0955 e. The van der Waals surface area contributed by atoms with Crippen LogP contribution in [0.1, 0.15) is 5.56 Å². The van der Waals surface area contributed by atoms with E-state index in [1.165, 1.54) is 11.1 Å². The van der Waals surface area contributed by atoms with Gasteiger partial charge < -0.3 is 19.9 Å². The van der Waals surface area contributed by atoms with E-state index >= 15 is 0 Å². The number of hydrogen-bond acceptors (Lipinski definition) is 4. The van der Waals surface area contributed by atoms with Gasteiger partial charge in [-0.1, -0.05) is 6.07 Å². The first-order valence-electron chi connectivity index (χ1n) is 6.75. The first-order chi connectivity index (χ1) is 9.33. The number of ether oxygens (including phenoxy) is 1. The van der Waals surface area contributed by atoms with E-state index in [1.807, 2.05) is 17.9 Å². The molecular weight excluding hydrogens is 240 g/mol. The second-order valence-electron chi connectivity index (χ2n) is 5.04. The lowest BCUT2D eigenvalue weighted by Gasteiger charge is -2.24. The average molecular weight is 260 g/mol. The molecule has 102 valence electrons. The minimum Gasteiger partial charge on any atom is -0.378 e. The van der Waals surface area contributed by atoms with Crippen molar-refractivity contribution in [2.24, 2.45) is 7.05 Å². The highest BCUT2D eigenvalue weighted by Crippen LogP contribution is 2.13. The van der Waals surface area contributed by atoms with Crippen molar-refractivity contribution in [1.29, 1.82) is 0 Å². The Morgan fingerprint density at radius 3 is 3.32 bits per heavy atom. The summed E-state index contributed by atoms with van der Waals surface area (Å²) in [5, 5.41) is 6.90. The van der Waals surface area contributed by atoms with Crippen LogP contribution in [0.5, 0.6) is 0 Å². The quantitative estimate of drug-likeness (QED) is 0.847. The summed E-state index contributed by atoms with van der Waals surface area (Å²) in [5.74, 6) is 0. The first-order valence-corrected chi connectivity index (χ1v) is 6.75. The van der Waals surface area contributed by atoms with Gasteiger partial charge in [-0.2, -0.15) is 0 Å². The maximum Gasteiger partial charge on any atom is 0.0955 e. The molecule has 3 rings (SSSR count). The maximum atomic E-state index is 5.43. The number of imidazole rings is 1. The Morgan fingerprint density at radius 1 is 1.53 bits per heavy atom. The van der Waals surface area contributed by atoms with Gasteiger partial charge in [0.2, 0.25) is 0 Å². The number of hydrogen-bond donors (Lipinski definition) is 2. The Hall–Kier alpha value is -1.43. The summed E-state index contributed by atoms with van der Waals surface area (Å²) in [5.41, 5.74) is 3.50. The molecule has 1 aromatic heterocycles. The molecule has 1 aliphatic heterocycles. The first kappa shape index (κ1) is 12.6. The topological polar surface area (TPSA) is 51.1 Å². The van der Waals surface area contributed by atoms with Crippen molar-refractivity contribution >= 4 is 11.0 Å². The van der Waals surface area contributed by atoms with Crippen LogP contribution in [0.15, 0.2) is 24.5 Å². The molecule has 2 heterocycles. The Labute approximate surface area is 113 Å². The summed E-state index contributed by atoms with van der Waals surface area (Å²) in [6.45, 7) is 4.37. The lowest BCUT2D eigenvalue weighted by atomic mass is 10.2. The second-order valence-corrected chi connectivity index (χ2v) is 5.04. The molecule has 1 aliphatic rings. The zero-order valence-corrected chi connectivity index (χ0v) is 11.2. The molecule has 19 heavy (non-hydrogen) atoms. The number of benzene rings is 1. The predicted octanol–water partition coefficient (Wildman–Crippen LogP) is 0.651. The lowest BCUT2D eigenvalue weighted by molar-refractivity contribution is 0.0766. The minimum atomic E-state index is 0.423. The van der Waals surface area contributed by atoms with E-state index in [0.717, 1.165) is 38.4 Å². The monoisotopic (exact) mass is 260 g/mol. The van der Waals surface area contributed by atoms with Crippen molar-refractivity contribution < 1.29 is 4.74 Å². The molecule has 0 saturated carbocycles. The van der Waals surface area contributed by atoms with Crippen LogP contribution < -0.4 is 10.6 Å². The molecule has 0 amide bonds. The van der Waals surface area contributed by atoms with E-state index in [1.54, 1.807) is 0 Å². The van der Waals surface area contributed by atoms with Crippen LogP contribution in [0.2, 0.25) is 0 Å². The van der Waals surface area contributed by atoms with Crippen molar-refractivity contribution in [2.45, 2.75) is 12.6 Å². The predicted molar refractivity (Wildman–Crippen MR) is 75.0 cm³/mol. The van der Waals surface area contributed by atoms with Gasteiger partial charge in [0.05, 0.1) is 30.6 Å². The molecule has 1 fully saturated rings. The number of morpholine rings is 1. The van der Waals surface area contributed by atoms with Gasteiger partial charge in [-0.3, -0.25) is 0 Å². The molecule has 0 radical (unpaired) electrons. The summed E-state index contributed by atoms with van der Waals surface area (Å²) < 4.78 is 7.47. The largest absolute Gasteiger partial charge is 0.378 e. The molecule has 5 heteroatoms. The van der Waals surface area contributed by atoms with Crippen LogP contribution >= 0.6 is 0 Å². The highest BCUT2D eigenvalue weighted by atomic mass is 16.5. The highest BCUT2D eigenvalue weighted by Gasteiger charge is 2.11. The molecule has 0 spiro atoms. The third kappa shape index (κ3) is 2.94. The van der Waals surface area contributed by atoms with E-state index in [9.17, 15) is 0 Å². The molecule has 0 bridgehead atoms. The molecule has 0 aliphatic carbocycles. The van der Waals surface area contributed by atoms with Gasteiger partial charge in [0.1, 0.15) is 0 Å². The third-order valence-corrected chi connectivity index (χ3v) is 3.51. The Morgan fingerprint density at radius 2 is 2.47 bits per heavy atom. The van der Waals surface area contributed by atoms with Gasteiger partial charge in [0, 0.05) is 32.7 Å². The van der Waals surface area contributed by atoms with Gasteiger partial charge in [0.15, 0.2) is 0 Å². The fourth-order valence-corrected chi connectivity index (χ4v) is 2.43. The van der Waals surface area contributed by atoms with E-state index in [0.29, 0.717) is 6.04 Å². The lowest BCUT2D eigenvalue weighted by Crippen LogP contribution is -2.47. The molecule has 1 atom stereocenters. The molecule has 2 N–H and O–H groups in total. The molecular formula is C14H20N4O. The van der Waals surface area contributed by atoms with Gasteiger partial charge >= 0.3 is 0 Å². The van der Waals surface area contributed by atoms with E-state index < -0.39 is 0 Å². The van der Waals surface area contributed by atoms with Crippen molar-refractivity contribution in [3.05, 3.63) is 30.1 Å². The van der Waals surface area contributed by atoms with Crippen LogP contribution in [-0.2, 0) is 18.3 Å². The molecule has 5 nitrogen and oxygen atoms in total. The van der Waals surface area contributed by atoms with Gasteiger partial charge in [-0.15, -0.1) is 0 Å². The molecule has 2 aromatic rings. The van der Waals surface area contributed by atoms with Gasteiger partial charge in [0.25, 0.3) is 0 Å². The normalized spacial score (nSPS) is 19.9. The van der Waals surface area contributed by atoms with Crippen molar-refractivity contribution in [3.63, 3.8) is 0 Å². The van der Waals surface area contributed by atoms with Gasteiger partial charge in [-0.05, 0) is 17.7 Å². The number of nitrogens with zero attached hydrogens (tertiary/aromatic N) is 2. The molecule has 1 aromatic carbocycles. The fourth-order valence-electron chi connectivity index (χ4n) is 2.43. The summed E-state index contributed by atoms with van der Waals surface area (Å²) in [6, 6.07) is 6.85. The van der Waals surface area contributed by atoms with E-state index in [4.69, 9.17) is 4.74 Å². The Bertz CT molecular complexity index is 545. The summed E-state index contributed by atoms with van der Waals surface area (Å²) >= 11 is 0. The fraction of sp³-hybridized carbons (Fsp3) is 0.500. The zero-order valence-electron chi connectivity index (χ0n) is 11.2. The van der Waals surface area contributed by atoms with E-state index in [-0.39, 0.29) is 0 Å². The van der Waals surface area contributed by atoms with Crippen LogP contribution in [-0.4, -0.2) is 41.9 Å².